The number of piperidine rings is 1. The van der Waals surface area contributed by atoms with Gasteiger partial charge < -0.3 is 14.4 Å². The zero-order chi connectivity index (χ0) is 18.1. The van der Waals surface area contributed by atoms with Gasteiger partial charge in [-0.15, -0.1) is 0 Å². The maximum absolute atomic E-state index is 11.7. The maximum Gasteiger partial charge on any atom is 0.225 e. The molecule has 2 aromatic rings. The fourth-order valence-electron chi connectivity index (χ4n) is 3.88. The Morgan fingerprint density at radius 2 is 1.92 bits per heavy atom. The van der Waals surface area contributed by atoms with Gasteiger partial charge in [-0.2, -0.15) is 4.98 Å². The number of fused-ring (bicyclic) bond motifs is 1. The molecule has 4 rings (SSSR count). The topological polar surface area (TPSA) is 81.1 Å². The van der Waals surface area contributed by atoms with Crippen LogP contribution in [-0.4, -0.2) is 61.7 Å². The predicted molar refractivity (Wildman–Crippen MR) is 106 cm³/mol. The minimum Gasteiger partial charge on any atom is -0.616 e. The summed E-state index contributed by atoms with van der Waals surface area (Å²) in [6.07, 6.45) is 6.26. The van der Waals surface area contributed by atoms with E-state index in [-0.39, 0.29) is 5.28 Å². The molecule has 2 aliphatic rings. The summed E-state index contributed by atoms with van der Waals surface area (Å²) < 4.78 is 11.7. The monoisotopic (exact) mass is 394 g/mol. The van der Waals surface area contributed by atoms with Crippen LogP contribution in [0.5, 0.6) is 0 Å². The maximum atomic E-state index is 11.7. The largest absolute Gasteiger partial charge is 0.616 e. The zero-order valence-corrected chi connectivity index (χ0v) is 16.5. The van der Waals surface area contributed by atoms with Crippen molar-refractivity contribution in [2.45, 2.75) is 38.6 Å². The summed E-state index contributed by atoms with van der Waals surface area (Å²) in [4.78, 5) is 22.5. The van der Waals surface area contributed by atoms with Crippen molar-refractivity contribution in [3.8, 4) is 0 Å². The van der Waals surface area contributed by atoms with Gasteiger partial charge in [0.25, 0.3) is 0 Å². The first-order valence-corrected chi connectivity index (χ1v) is 11.1. The van der Waals surface area contributed by atoms with E-state index in [1.165, 1.54) is 12.8 Å². The van der Waals surface area contributed by atoms with Crippen LogP contribution in [0.4, 0.5) is 11.6 Å². The van der Waals surface area contributed by atoms with Crippen LogP contribution >= 0.6 is 11.6 Å². The van der Waals surface area contributed by atoms with E-state index in [2.05, 4.69) is 36.7 Å². The number of aromatic nitrogens is 4. The highest BCUT2D eigenvalue weighted by Crippen LogP contribution is 2.33. The van der Waals surface area contributed by atoms with Crippen LogP contribution in [0.3, 0.4) is 0 Å². The highest BCUT2D eigenvalue weighted by atomic mass is 35.5. The summed E-state index contributed by atoms with van der Waals surface area (Å²) >= 11 is 5.52. The molecule has 7 nitrogen and oxygen atoms in total. The number of hydrogen-bond acceptors (Lipinski definition) is 7. The van der Waals surface area contributed by atoms with Crippen LogP contribution in [-0.2, 0) is 11.2 Å². The average Bonchev–Trinajstić information content (AvgIpc) is 2.67. The van der Waals surface area contributed by atoms with Crippen LogP contribution in [0.1, 0.15) is 32.6 Å². The van der Waals surface area contributed by atoms with Crippen LogP contribution < -0.4 is 9.80 Å². The first kappa shape index (κ1) is 18.0. The average molecular weight is 395 g/mol. The van der Waals surface area contributed by atoms with Crippen LogP contribution in [0.25, 0.3) is 11.0 Å². The third-order valence-corrected chi connectivity index (χ3v) is 6.71. The highest BCUT2D eigenvalue weighted by Gasteiger charge is 2.28. The molecular weight excluding hydrogens is 372 g/mol. The molecule has 0 bridgehead atoms. The molecule has 2 saturated heterocycles. The lowest BCUT2D eigenvalue weighted by Gasteiger charge is -2.36. The molecule has 0 aromatic carbocycles. The Labute approximate surface area is 161 Å². The van der Waals surface area contributed by atoms with Gasteiger partial charge >= 0.3 is 0 Å². The molecule has 0 radical (unpaired) electrons. The Balaban J connectivity index is 1.79. The summed E-state index contributed by atoms with van der Waals surface area (Å²) in [7, 11) is 0. The highest BCUT2D eigenvalue weighted by molar-refractivity contribution is 7.91. The van der Waals surface area contributed by atoms with Crippen LogP contribution in [0.2, 0.25) is 5.28 Å². The standard InChI is InChI=1S/C17H23ClN6OS/c1-2-12-5-3-4-6-24(12)15-14-13(19-11-20-15)16(22-17(18)21-14)23-7-9-26(25)10-8-23/h11-12H,2-10H2,1H3. The van der Waals surface area contributed by atoms with E-state index < -0.39 is 11.2 Å². The molecule has 4 heterocycles. The van der Waals surface area contributed by atoms with E-state index in [1.807, 2.05) is 0 Å². The molecule has 2 fully saturated rings. The summed E-state index contributed by atoms with van der Waals surface area (Å²) in [5.74, 6) is 2.87. The van der Waals surface area contributed by atoms with E-state index in [4.69, 9.17) is 11.6 Å². The van der Waals surface area contributed by atoms with Crippen LogP contribution in [0, 0.1) is 0 Å². The Hall–Kier alpha value is -1.38. The normalized spacial score (nSPS) is 22.2. The van der Waals surface area contributed by atoms with Gasteiger partial charge in [0.2, 0.25) is 5.28 Å². The van der Waals surface area contributed by atoms with Crippen molar-refractivity contribution in [3.05, 3.63) is 11.6 Å². The lowest BCUT2D eigenvalue weighted by atomic mass is 10.00. The molecule has 9 heteroatoms. The third-order valence-electron chi connectivity index (χ3n) is 5.26. The van der Waals surface area contributed by atoms with Crippen molar-refractivity contribution < 1.29 is 4.55 Å². The van der Waals surface area contributed by atoms with Crippen molar-refractivity contribution in [1.82, 2.24) is 19.9 Å². The molecule has 26 heavy (non-hydrogen) atoms. The molecule has 0 saturated carbocycles. The Bertz CT molecular complexity index is 785. The molecular formula is C17H23ClN6OS. The third kappa shape index (κ3) is 3.42. The molecule has 2 aliphatic heterocycles. The Morgan fingerprint density at radius 3 is 2.69 bits per heavy atom. The lowest BCUT2D eigenvalue weighted by Crippen LogP contribution is -2.41. The fourth-order valence-corrected chi connectivity index (χ4v) is 5.09. The van der Waals surface area contributed by atoms with Gasteiger partial charge in [0.05, 0.1) is 13.1 Å². The second-order valence-electron chi connectivity index (χ2n) is 6.80. The van der Waals surface area contributed by atoms with Gasteiger partial charge in [0, 0.05) is 12.6 Å². The molecule has 1 unspecified atom stereocenters. The van der Waals surface area contributed by atoms with Crippen molar-refractivity contribution in [2.24, 2.45) is 0 Å². The summed E-state index contributed by atoms with van der Waals surface area (Å²) in [6.45, 7) is 4.57. The van der Waals surface area contributed by atoms with E-state index >= 15 is 0 Å². The van der Waals surface area contributed by atoms with Crippen molar-refractivity contribution in [1.29, 1.82) is 0 Å². The smallest absolute Gasteiger partial charge is 0.225 e. The van der Waals surface area contributed by atoms with Crippen molar-refractivity contribution in [2.75, 3.05) is 40.9 Å². The molecule has 2 aromatic heterocycles. The van der Waals surface area contributed by atoms with Gasteiger partial charge in [-0.25, -0.2) is 15.0 Å². The van der Waals surface area contributed by atoms with Gasteiger partial charge in [0.15, 0.2) is 11.6 Å². The molecule has 0 spiro atoms. The minimum atomic E-state index is -0.747. The summed E-state index contributed by atoms with van der Waals surface area (Å²) in [5.41, 5.74) is 1.45. The Morgan fingerprint density at radius 1 is 1.12 bits per heavy atom. The van der Waals surface area contributed by atoms with E-state index in [0.29, 0.717) is 30.6 Å². The van der Waals surface area contributed by atoms with E-state index in [9.17, 15) is 4.55 Å². The van der Waals surface area contributed by atoms with Gasteiger partial charge in [0.1, 0.15) is 28.9 Å². The number of halogens is 1. The van der Waals surface area contributed by atoms with Crippen molar-refractivity contribution in [3.63, 3.8) is 0 Å². The van der Waals surface area contributed by atoms with Crippen LogP contribution in [0.15, 0.2) is 6.33 Å². The van der Waals surface area contributed by atoms with Crippen molar-refractivity contribution >= 4 is 45.4 Å². The molecule has 0 N–H and O–H groups in total. The number of rotatable bonds is 3. The van der Waals surface area contributed by atoms with E-state index in [0.717, 1.165) is 42.1 Å². The first-order chi connectivity index (χ1) is 12.7. The Kier molecular flexibility index (Phi) is 5.33. The van der Waals surface area contributed by atoms with Gasteiger partial charge in [-0.1, -0.05) is 18.1 Å². The number of hydrogen-bond donors (Lipinski definition) is 0. The summed E-state index contributed by atoms with van der Waals surface area (Å²) in [5, 5.41) is 0.209. The SMILES string of the molecule is CCC1CCCCN1c1ncnc2c(N3CC[S+]([O-])CC3)nc(Cl)nc12. The first-order valence-electron chi connectivity index (χ1n) is 9.22. The fraction of sp³-hybridized carbons (Fsp3) is 0.647. The molecule has 1 atom stereocenters. The zero-order valence-electron chi connectivity index (χ0n) is 14.9. The van der Waals surface area contributed by atoms with E-state index in [1.54, 1.807) is 6.33 Å². The second kappa shape index (κ2) is 7.70. The summed E-state index contributed by atoms with van der Waals surface area (Å²) in [6, 6.07) is 0.469. The quantitative estimate of drug-likeness (QED) is 0.584. The van der Waals surface area contributed by atoms with Gasteiger partial charge in [-0.3, -0.25) is 0 Å². The predicted octanol–water partition coefficient (Wildman–Crippen LogP) is 2.41. The number of anilines is 2. The van der Waals surface area contributed by atoms with Gasteiger partial charge in [-0.05, 0) is 37.3 Å². The minimum absolute atomic E-state index is 0.209. The number of nitrogens with zero attached hydrogens (tertiary/aromatic N) is 6. The second-order valence-corrected chi connectivity index (χ2v) is 8.83. The molecule has 0 amide bonds. The lowest BCUT2D eigenvalue weighted by molar-refractivity contribution is 0.447. The molecule has 0 aliphatic carbocycles. The molecule has 140 valence electrons.